The van der Waals surface area contributed by atoms with Crippen molar-refractivity contribution in [1.29, 1.82) is 0 Å². The van der Waals surface area contributed by atoms with Gasteiger partial charge in [0.1, 0.15) is 18.0 Å². The van der Waals surface area contributed by atoms with Crippen molar-refractivity contribution in [3.63, 3.8) is 0 Å². The lowest BCUT2D eigenvalue weighted by molar-refractivity contribution is -0.105. The predicted octanol–water partition coefficient (Wildman–Crippen LogP) is 2.57. The van der Waals surface area contributed by atoms with E-state index >= 15 is 0 Å². The van der Waals surface area contributed by atoms with Crippen LogP contribution in [0.25, 0.3) is 0 Å². The van der Waals surface area contributed by atoms with Crippen LogP contribution < -0.4 is 16.0 Å². The molecule has 1 heterocycles. The van der Waals surface area contributed by atoms with Crippen molar-refractivity contribution in [2.75, 3.05) is 53.6 Å². The molecule has 4 N–H and O–H groups in total. The fourth-order valence-corrected chi connectivity index (χ4v) is 5.25. The van der Waals surface area contributed by atoms with Gasteiger partial charge in [-0.15, -0.1) is 0 Å². The van der Waals surface area contributed by atoms with E-state index in [2.05, 4.69) is 20.7 Å². The van der Waals surface area contributed by atoms with Gasteiger partial charge in [0.05, 0.1) is 39.0 Å². The van der Waals surface area contributed by atoms with Crippen molar-refractivity contribution < 1.29 is 33.3 Å². The number of rotatable bonds is 12. The number of aliphatic hydroxyl groups is 1. The molecule has 0 bridgehead atoms. The number of benzene rings is 1. The normalized spacial score (nSPS) is 20.8. The number of ether oxygens (including phenoxy) is 3. The van der Waals surface area contributed by atoms with Gasteiger partial charge in [-0.1, -0.05) is 44.2 Å². The Morgan fingerprint density at radius 2 is 2.05 bits per heavy atom. The predicted molar refractivity (Wildman–Crippen MR) is 140 cm³/mol. The quantitative estimate of drug-likeness (QED) is 0.302. The van der Waals surface area contributed by atoms with Crippen molar-refractivity contribution in [3.8, 4) is 0 Å². The Labute approximate surface area is 224 Å². The molecule has 10 nitrogen and oxygen atoms in total. The SMILES string of the molecule is CNC[C@H](O)[C@H](CC1CCCCC1)NC(=O)N1CCO[C@@H](C(OCCNC(=O)OC)c2cccc(F)c2)C1. The van der Waals surface area contributed by atoms with E-state index in [4.69, 9.17) is 9.47 Å². The van der Waals surface area contributed by atoms with E-state index in [-0.39, 0.29) is 31.8 Å². The van der Waals surface area contributed by atoms with Crippen LogP contribution in [0.1, 0.15) is 50.2 Å². The number of urea groups is 1. The molecule has 1 aromatic rings. The van der Waals surface area contributed by atoms with Crippen LogP contribution in [-0.2, 0) is 14.2 Å². The van der Waals surface area contributed by atoms with Crippen LogP contribution in [-0.4, -0.2) is 93.9 Å². The third-order valence-electron chi connectivity index (χ3n) is 7.25. The van der Waals surface area contributed by atoms with E-state index in [0.717, 1.165) is 19.3 Å². The van der Waals surface area contributed by atoms with Crippen LogP contribution in [0.4, 0.5) is 14.0 Å². The molecule has 1 aliphatic heterocycles. The van der Waals surface area contributed by atoms with E-state index in [0.29, 0.717) is 31.2 Å². The van der Waals surface area contributed by atoms with E-state index in [1.165, 1.54) is 38.5 Å². The van der Waals surface area contributed by atoms with Gasteiger partial charge in [-0.2, -0.15) is 0 Å². The Balaban J connectivity index is 1.66. The van der Waals surface area contributed by atoms with Crippen molar-refractivity contribution in [1.82, 2.24) is 20.9 Å². The highest BCUT2D eigenvalue weighted by molar-refractivity contribution is 5.74. The molecule has 0 aromatic heterocycles. The molecule has 2 aliphatic rings. The first kappa shape index (κ1) is 30.1. The van der Waals surface area contributed by atoms with Gasteiger partial charge in [0.15, 0.2) is 0 Å². The minimum absolute atomic E-state index is 0.141. The number of carbonyl (C=O) groups is 2. The number of likely N-dealkylation sites (N-methyl/N-ethyl adjacent to an activating group) is 1. The van der Waals surface area contributed by atoms with Crippen LogP contribution in [0.5, 0.6) is 0 Å². The summed E-state index contributed by atoms with van der Waals surface area (Å²) in [5, 5.41) is 19.4. The molecule has 38 heavy (non-hydrogen) atoms. The zero-order valence-corrected chi connectivity index (χ0v) is 22.5. The number of morpholine rings is 1. The first-order valence-electron chi connectivity index (χ1n) is 13.6. The summed E-state index contributed by atoms with van der Waals surface area (Å²) < 4.78 is 30.6. The summed E-state index contributed by atoms with van der Waals surface area (Å²) in [4.78, 5) is 26.4. The van der Waals surface area contributed by atoms with Crippen molar-refractivity contribution in [3.05, 3.63) is 35.6 Å². The largest absolute Gasteiger partial charge is 0.453 e. The van der Waals surface area contributed by atoms with Gasteiger partial charge in [-0.25, -0.2) is 14.0 Å². The summed E-state index contributed by atoms with van der Waals surface area (Å²) in [5.74, 6) is 0.0839. The van der Waals surface area contributed by atoms with Crippen LogP contribution >= 0.6 is 0 Å². The maximum atomic E-state index is 14.0. The molecule has 1 aliphatic carbocycles. The minimum Gasteiger partial charge on any atom is -0.453 e. The maximum Gasteiger partial charge on any atom is 0.406 e. The minimum atomic E-state index is -0.701. The molecule has 0 radical (unpaired) electrons. The molecule has 2 fully saturated rings. The van der Waals surface area contributed by atoms with E-state index in [9.17, 15) is 19.1 Å². The molecule has 3 amide bonds. The standard InChI is InChI=1S/C27H43FN4O6/c1-29-17-23(33)22(15-19-7-4-3-5-8-19)31-26(34)32-12-14-37-24(18-32)25(20-9-6-10-21(28)16-20)38-13-11-30-27(35)36-2/h6,9-10,16,19,22-25,29,33H,3-5,7-8,11-15,17-18H2,1-2H3,(H,30,35)(H,31,34)/t22-,23-,24+,25?/m0/s1. The maximum absolute atomic E-state index is 14.0. The number of amides is 3. The Bertz CT molecular complexity index is 872. The smallest absolute Gasteiger partial charge is 0.406 e. The number of hydrogen-bond acceptors (Lipinski definition) is 7. The zero-order chi connectivity index (χ0) is 27.3. The van der Waals surface area contributed by atoms with E-state index < -0.39 is 30.2 Å². The molecule has 1 unspecified atom stereocenters. The number of methoxy groups -OCH3 is 1. The molecule has 0 spiro atoms. The summed E-state index contributed by atoms with van der Waals surface area (Å²) in [6.07, 6.45) is 4.13. The first-order chi connectivity index (χ1) is 18.4. The molecule has 3 rings (SSSR count). The molecule has 4 atom stereocenters. The van der Waals surface area contributed by atoms with E-state index in [1.807, 2.05) is 0 Å². The van der Waals surface area contributed by atoms with Crippen LogP contribution in [0.2, 0.25) is 0 Å². The summed E-state index contributed by atoms with van der Waals surface area (Å²) in [5.41, 5.74) is 0.579. The molecule has 1 aromatic carbocycles. The van der Waals surface area contributed by atoms with Gasteiger partial charge >= 0.3 is 12.1 Å². The lowest BCUT2D eigenvalue weighted by Crippen LogP contribution is -2.56. The third kappa shape index (κ3) is 9.37. The number of halogens is 1. The number of aliphatic hydroxyl groups excluding tert-OH is 1. The van der Waals surface area contributed by atoms with Crippen molar-refractivity contribution in [2.24, 2.45) is 5.92 Å². The Morgan fingerprint density at radius 3 is 2.76 bits per heavy atom. The highest BCUT2D eigenvalue weighted by Crippen LogP contribution is 2.29. The zero-order valence-electron chi connectivity index (χ0n) is 22.5. The molecule has 214 valence electrons. The number of nitrogens with zero attached hydrogens (tertiary/aromatic N) is 1. The second-order valence-electron chi connectivity index (χ2n) is 10.0. The topological polar surface area (TPSA) is 121 Å². The Morgan fingerprint density at radius 1 is 1.26 bits per heavy atom. The summed E-state index contributed by atoms with van der Waals surface area (Å²) in [6.45, 7) is 1.64. The lowest BCUT2D eigenvalue weighted by atomic mass is 9.83. The fourth-order valence-electron chi connectivity index (χ4n) is 5.25. The highest BCUT2D eigenvalue weighted by Gasteiger charge is 2.34. The molecular formula is C27H43FN4O6. The van der Waals surface area contributed by atoms with Crippen molar-refractivity contribution in [2.45, 2.75) is 62.9 Å². The summed E-state index contributed by atoms with van der Waals surface area (Å²) in [6, 6.07) is 5.45. The number of nitrogens with one attached hydrogen (secondary N) is 3. The van der Waals surface area contributed by atoms with Gasteiger partial charge in [0.2, 0.25) is 0 Å². The summed E-state index contributed by atoms with van der Waals surface area (Å²) >= 11 is 0. The first-order valence-corrected chi connectivity index (χ1v) is 13.6. The Hall–Kier alpha value is -2.47. The van der Waals surface area contributed by atoms with Gasteiger partial charge < -0.3 is 40.2 Å². The van der Waals surface area contributed by atoms with Gasteiger partial charge in [-0.05, 0) is 37.1 Å². The van der Waals surface area contributed by atoms with Crippen molar-refractivity contribution >= 4 is 12.1 Å². The van der Waals surface area contributed by atoms with E-state index in [1.54, 1.807) is 24.1 Å². The fraction of sp³-hybridized carbons (Fsp3) is 0.704. The molecule has 1 saturated carbocycles. The van der Waals surface area contributed by atoms with Gasteiger partial charge in [0, 0.05) is 19.6 Å². The number of carbonyl (C=O) groups excluding carboxylic acids is 2. The molecule has 11 heteroatoms. The average Bonchev–Trinajstić information content (AvgIpc) is 2.93. The monoisotopic (exact) mass is 538 g/mol. The second kappa shape index (κ2) is 15.8. The Kier molecular flexibility index (Phi) is 12.5. The van der Waals surface area contributed by atoms with Crippen LogP contribution in [0.3, 0.4) is 0 Å². The number of hydrogen-bond donors (Lipinski definition) is 4. The number of alkyl carbamates (subject to hydrolysis) is 1. The third-order valence-corrected chi connectivity index (χ3v) is 7.25. The van der Waals surface area contributed by atoms with Gasteiger partial charge in [0.25, 0.3) is 0 Å². The average molecular weight is 539 g/mol. The van der Waals surface area contributed by atoms with Crippen LogP contribution in [0.15, 0.2) is 24.3 Å². The molecular weight excluding hydrogens is 495 g/mol. The molecule has 1 saturated heterocycles. The highest BCUT2D eigenvalue weighted by atomic mass is 19.1. The summed E-state index contributed by atoms with van der Waals surface area (Å²) in [7, 11) is 3.06. The van der Waals surface area contributed by atoms with Crippen LogP contribution in [0, 0.1) is 11.7 Å². The lowest BCUT2D eigenvalue weighted by Gasteiger charge is -2.38. The second-order valence-corrected chi connectivity index (χ2v) is 10.0. The van der Waals surface area contributed by atoms with Gasteiger partial charge in [-0.3, -0.25) is 0 Å².